The first-order valence-electron chi connectivity index (χ1n) is 7.24. The highest BCUT2D eigenvalue weighted by molar-refractivity contribution is 8.14. The van der Waals surface area contributed by atoms with Crippen molar-refractivity contribution in [2.75, 3.05) is 11.1 Å². The molecule has 6 heteroatoms. The topological polar surface area (TPSA) is 33.6 Å². The molecule has 1 aromatic rings. The molecule has 2 unspecified atom stereocenters. The number of halogens is 2. The summed E-state index contributed by atoms with van der Waals surface area (Å²) in [5, 5.41) is 3.95. The smallest absolute Gasteiger partial charge is 0.387 e. The zero-order chi connectivity index (χ0) is 14.7. The van der Waals surface area contributed by atoms with Gasteiger partial charge in [-0.2, -0.15) is 8.78 Å². The molecule has 1 heterocycles. The number of hydrogen-bond acceptors (Lipinski definition) is 4. The van der Waals surface area contributed by atoms with Gasteiger partial charge in [0.1, 0.15) is 5.75 Å². The molecule has 1 saturated carbocycles. The van der Waals surface area contributed by atoms with E-state index in [4.69, 9.17) is 4.99 Å². The van der Waals surface area contributed by atoms with Crippen molar-refractivity contribution >= 4 is 22.6 Å². The first-order valence-corrected chi connectivity index (χ1v) is 8.22. The van der Waals surface area contributed by atoms with Crippen molar-refractivity contribution in [2.45, 2.75) is 38.3 Å². The fourth-order valence-electron chi connectivity index (χ4n) is 2.88. The predicted octanol–water partition coefficient (Wildman–Crippen LogP) is 4.36. The molecule has 21 heavy (non-hydrogen) atoms. The van der Waals surface area contributed by atoms with Crippen molar-refractivity contribution in [3.8, 4) is 5.75 Å². The lowest BCUT2D eigenvalue weighted by molar-refractivity contribution is -0.0493. The third kappa shape index (κ3) is 3.67. The SMILES string of the molecule is FC(F)Oc1ccccc1NC1=NC2CCCCC2CS1. The number of anilines is 1. The molecule has 0 amide bonds. The summed E-state index contributed by atoms with van der Waals surface area (Å²) in [5.41, 5.74) is 0.540. The highest BCUT2D eigenvalue weighted by atomic mass is 32.2. The molecule has 2 aliphatic rings. The Balaban J connectivity index is 1.73. The predicted molar refractivity (Wildman–Crippen MR) is 82.3 cm³/mol. The van der Waals surface area contributed by atoms with Gasteiger partial charge in [0, 0.05) is 5.75 Å². The molecule has 1 N–H and O–H groups in total. The van der Waals surface area contributed by atoms with Gasteiger partial charge in [-0.1, -0.05) is 36.7 Å². The number of benzene rings is 1. The highest BCUT2D eigenvalue weighted by Crippen LogP contribution is 2.35. The van der Waals surface area contributed by atoms with Crippen LogP contribution in [0.1, 0.15) is 25.7 Å². The molecule has 3 rings (SSSR count). The van der Waals surface area contributed by atoms with Crippen LogP contribution in [0.15, 0.2) is 29.3 Å². The Bertz CT molecular complexity index is 524. The van der Waals surface area contributed by atoms with Crippen molar-refractivity contribution in [2.24, 2.45) is 10.9 Å². The van der Waals surface area contributed by atoms with Crippen LogP contribution in [0, 0.1) is 5.92 Å². The molecule has 0 bridgehead atoms. The molecule has 0 radical (unpaired) electrons. The number of aliphatic imine (C=N–C) groups is 1. The average molecular weight is 312 g/mol. The van der Waals surface area contributed by atoms with Gasteiger partial charge in [0.25, 0.3) is 0 Å². The summed E-state index contributed by atoms with van der Waals surface area (Å²) in [6.45, 7) is -2.82. The molecule has 0 spiro atoms. The zero-order valence-electron chi connectivity index (χ0n) is 11.6. The van der Waals surface area contributed by atoms with Crippen molar-refractivity contribution in [1.29, 1.82) is 0 Å². The Labute approximate surface area is 127 Å². The third-order valence-electron chi connectivity index (χ3n) is 3.93. The van der Waals surface area contributed by atoms with E-state index in [0.717, 1.165) is 17.3 Å². The van der Waals surface area contributed by atoms with Gasteiger partial charge >= 0.3 is 6.61 Å². The van der Waals surface area contributed by atoms with E-state index in [9.17, 15) is 8.78 Å². The maximum atomic E-state index is 12.4. The van der Waals surface area contributed by atoms with Crippen molar-refractivity contribution in [1.82, 2.24) is 0 Å². The van der Waals surface area contributed by atoms with Crippen LogP contribution in [0.5, 0.6) is 5.75 Å². The molecule has 3 nitrogen and oxygen atoms in total. The monoisotopic (exact) mass is 312 g/mol. The fourth-order valence-corrected chi connectivity index (χ4v) is 4.03. The molecular formula is C15H18F2N2OS. The van der Waals surface area contributed by atoms with Crippen LogP contribution in [0.3, 0.4) is 0 Å². The summed E-state index contributed by atoms with van der Waals surface area (Å²) < 4.78 is 29.4. The minimum absolute atomic E-state index is 0.154. The second-order valence-electron chi connectivity index (χ2n) is 5.36. The maximum Gasteiger partial charge on any atom is 0.387 e. The lowest BCUT2D eigenvalue weighted by Crippen LogP contribution is -2.31. The lowest BCUT2D eigenvalue weighted by Gasteiger charge is -2.32. The van der Waals surface area contributed by atoms with Gasteiger partial charge in [-0.05, 0) is 30.9 Å². The number of thioether (sulfide) groups is 1. The number of para-hydroxylation sites is 2. The number of nitrogens with one attached hydrogen (secondary N) is 1. The first kappa shape index (κ1) is 14.6. The molecule has 1 aromatic carbocycles. The molecule has 2 atom stereocenters. The Kier molecular flexibility index (Phi) is 4.63. The summed E-state index contributed by atoms with van der Waals surface area (Å²) >= 11 is 1.67. The van der Waals surface area contributed by atoms with E-state index in [1.165, 1.54) is 25.3 Å². The van der Waals surface area contributed by atoms with Gasteiger partial charge in [-0.25, -0.2) is 0 Å². The summed E-state index contributed by atoms with van der Waals surface area (Å²) in [6.07, 6.45) is 4.91. The number of ether oxygens (including phenoxy) is 1. The van der Waals surface area contributed by atoms with Crippen LogP contribution in [0.4, 0.5) is 14.5 Å². The van der Waals surface area contributed by atoms with Gasteiger partial charge in [0.05, 0.1) is 11.7 Å². The van der Waals surface area contributed by atoms with E-state index in [0.29, 0.717) is 17.6 Å². The highest BCUT2D eigenvalue weighted by Gasteiger charge is 2.29. The largest absolute Gasteiger partial charge is 0.433 e. The number of hydrogen-bond donors (Lipinski definition) is 1. The molecule has 0 saturated heterocycles. The second-order valence-corrected chi connectivity index (χ2v) is 6.37. The van der Waals surface area contributed by atoms with Crippen LogP contribution < -0.4 is 10.1 Å². The average Bonchev–Trinajstić information content (AvgIpc) is 2.49. The van der Waals surface area contributed by atoms with Crippen LogP contribution in [0.2, 0.25) is 0 Å². The molecule has 1 aliphatic carbocycles. The summed E-state index contributed by atoms with van der Waals surface area (Å²) in [6, 6.07) is 7.11. The zero-order valence-corrected chi connectivity index (χ0v) is 12.4. The Morgan fingerprint density at radius 2 is 2.05 bits per heavy atom. The van der Waals surface area contributed by atoms with E-state index >= 15 is 0 Å². The summed E-state index contributed by atoms with van der Waals surface area (Å²) in [4.78, 5) is 4.74. The molecule has 1 fully saturated rings. The van der Waals surface area contributed by atoms with Crippen LogP contribution >= 0.6 is 11.8 Å². The number of fused-ring (bicyclic) bond motifs is 1. The van der Waals surface area contributed by atoms with Gasteiger partial charge in [0.2, 0.25) is 0 Å². The lowest BCUT2D eigenvalue weighted by atomic mass is 9.86. The van der Waals surface area contributed by atoms with E-state index < -0.39 is 6.61 Å². The summed E-state index contributed by atoms with van der Waals surface area (Å²) in [7, 11) is 0. The van der Waals surface area contributed by atoms with Gasteiger partial charge in [-0.3, -0.25) is 4.99 Å². The molecule has 114 valence electrons. The van der Waals surface area contributed by atoms with Crippen LogP contribution in [-0.4, -0.2) is 23.6 Å². The first-order chi connectivity index (χ1) is 10.2. The van der Waals surface area contributed by atoms with Gasteiger partial charge in [-0.15, -0.1) is 0 Å². The van der Waals surface area contributed by atoms with Crippen molar-refractivity contribution in [3.63, 3.8) is 0 Å². The quantitative estimate of drug-likeness (QED) is 0.900. The standard InChI is InChI=1S/C15H18F2N2OS/c16-14(17)20-13-8-4-3-7-12(13)19-15-18-11-6-2-1-5-10(11)9-21-15/h3-4,7-8,10-11,14H,1-2,5-6,9H2,(H,18,19). The number of nitrogens with zero attached hydrogens (tertiary/aromatic N) is 1. The van der Waals surface area contributed by atoms with Crippen LogP contribution in [-0.2, 0) is 0 Å². The van der Waals surface area contributed by atoms with Crippen molar-refractivity contribution in [3.05, 3.63) is 24.3 Å². The van der Waals surface area contributed by atoms with Gasteiger partial charge in [0.15, 0.2) is 5.17 Å². The van der Waals surface area contributed by atoms with E-state index in [1.54, 1.807) is 30.0 Å². The summed E-state index contributed by atoms with van der Waals surface area (Å²) in [5.74, 6) is 1.87. The molecular weight excluding hydrogens is 294 g/mol. The normalized spacial score (nSPS) is 25.2. The minimum atomic E-state index is -2.82. The number of amidine groups is 1. The minimum Gasteiger partial charge on any atom is -0.433 e. The Morgan fingerprint density at radius 3 is 2.90 bits per heavy atom. The second kappa shape index (κ2) is 6.64. The fraction of sp³-hybridized carbons (Fsp3) is 0.533. The van der Waals surface area contributed by atoms with E-state index in [2.05, 4.69) is 10.1 Å². The van der Waals surface area contributed by atoms with Crippen molar-refractivity contribution < 1.29 is 13.5 Å². The van der Waals surface area contributed by atoms with E-state index in [1.807, 2.05) is 0 Å². The third-order valence-corrected chi connectivity index (χ3v) is 5.01. The van der Waals surface area contributed by atoms with Crippen LogP contribution in [0.25, 0.3) is 0 Å². The molecule has 0 aromatic heterocycles. The molecule has 1 aliphatic heterocycles. The van der Waals surface area contributed by atoms with Gasteiger partial charge < -0.3 is 10.1 Å². The Hall–Kier alpha value is -1.30. The maximum absolute atomic E-state index is 12.4. The number of alkyl halides is 2. The number of rotatable bonds is 3. The Morgan fingerprint density at radius 1 is 1.24 bits per heavy atom. The van der Waals surface area contributed by atoms with E-state index in [-0.39, 0.29) is 5.75 Å².